The number of amides is 1. The highest BCUT2D eigenvalue weighted by atomic mass is 35.5. The Balaban J connectivity index is 1.68. The molecular formula is C26H29Cl2FN4OS. The lowest BCUT2D eigenvalue weighted by molar-refractivity contribution is -0.119. The van der Waals surface area contributed by atoms with Crippen molar-refractivity contribution in [2.45, 2.75) is 44.9 Å². The Bertz CT molecular complexity index is 1140. The Morgan fingerprint density at radius 2 is 1.94 bits per heavy atom. The standard InChI is InChI=1S/C26H29Cl2FN4OS/c1-3-33(15-16-8-4-7-11-21(16)29)26(35)31-24-25(34)32(2)22-13-12-17(27)14-19(22)23(30-24)18-9-5-6-10-20(18)28/h5-6,9-10,12-14,16,21,24H,3-4,7-8,11,15H2,1-2H3,(H,31,35)/t16-,21?,24?/m0/s1. The largest absolute Gasteiger partial charge is 0.349 e. The molecule has 5 nitrogen and oxygen atoms in total. The number of fused-ring (bicyclic) bond motifs is 1. The number of aliphatic imine (C=N–C) groups is 1. The van der Waals surface area contributed by atoms with Gasteiger partial charge in [0.05, 0.1) is 11.4 Å². The molecule has 9 heteroatoms. The van der Waals surface area contributed by atoms with Crippen LogP contribution in [0, 0.1) is 5.92 Å². The number of nitrogens with zero attached hydrogens (tertiary/aromatic N) is 3. The first kappa shape index (κ1) is 25.9. The number of likely N-dealkylation sites (N-methyl/N-ethyl adjacent to an activating group) is 1. The van der Waals surface area contributed by atoms with Gasteiger partial charge in [0.2, 0.25) is 6.17 Å². The number of benzodiazepines with no additional fused rings is 1. The van der Waals surface area contributed by atoms with Gasteiger partial charge in [-0.1, -0.05) is 54.2 Å². The fourth-order valence-electron chi connectivity index (χ4n) is 4.72. The summed E-state index contributed by atoms with van der Waals surface area (Å²) in [6, 6.07) is 12.7. The molecule has 3 atom stereocenters. The third-order valence-electron chi connectivity index (χ3n) is 6.73. The van der Waals surface area contributed by atoms with E-state index in [2.05, 4.69) is 5.32 Å². The van der Waals surface area contributed by atoms with Crippen molar-refractivity contribution in [3.05, 3.63) is 63.6 Å². The maximum absolute atomic E-state index is 14.5. The van der Waals surface area contributed by atoms with E-state index in [4.69, 9.17) is 40.4 Å². The molecule has 1 saturated carbocycles. The van der Waals surface area contributed by atoms with Crippen molar-refractivity contribution in [2.24, 2.45) is 10.9 Å². The summed E-state index contributed by atoms with van der Waals surface area (Å²) < 4.78 is 14.5. The molecule has 0 spiro atoms. The van der Waals surface area contributed by atoms with Gasteiger partial charge in [0, 0.05) is 47.2 Å². The molecule has 35 heavy (non-hydrogen) atoms. The second kappa shape index (κ2) is 11.2. The Labute approximate surface area is 221 Å². The third kappa shape index (κ3) is 5.63. The summed E-state index contributed by atoms with van der Waals surface area (Å²) in [6.45, 7) is 3.08. The van der Waals surface area contributed by atoms with Crippen molar-refractivity contribution in [3.63, 3.8) is 0 Å². The van der Waals surface area contributed by atoms with Crippen LogP contribution in [0.1, 0.15) is 43.7 Å². The topological polar surface area (TPSA) is 47.9 Å². The minimum atomic E-state index is -0.980. The number of carbonyl (C=O) groups is 1. The zero-order chi connectivity index (χ0) is 25.1. The fraction of sp³-hybridized carbons (Fsp3) is 0.423. The molecule has 1 heterocycles. The van der Waals surface area contributed by atoms with Crippen LogP contribution in [0.15, 0.2) is 47.5 Å². The summed E-state index contributed by atoms with van der Waals surface area (Å²) in [5, 5.41) is 4.56. The highest BCUT2D eigenvalue weighted by Gasteiger charge is 2.33. The number of halogens is 3. The molecule has 2 aromatic carbocycles. The molecule has 1 amide bonds. The van der Waals surface area contributed by atoms with Crippen LogP contribution in [0.2, 0.25) is 10.0 Å². The maximum Gasteiger partial charge on any atom is 0.272 e. The van der Waals surface area contributed by atoms with Gasteiger partial charge in [0.25, 0.3) is 5.91 Å². The normalized spacial score (nSPS) is 22.2. The van der Waals surface area contributed by atoms with Gasteiger partial charge in [0.1, 0.15) is 6.17 Å². The molecule has 4 rings (SSSR count). The molecule has 1 aliphatic carbocycles. The molecule has 1 aliphatic heterocycles. The molecule has 2 aliphatic rings. The predicted octanol–water partition coefficient (Wildman–Crippen LogP) is 5.86. The number of rotatable bonds is 5. The number of benzene rings is 2. The second-order valence-electron chi connectivity index (χ2n) is 8.97. The van der Waals surface area contributed by atoms with E-state index in [9.17, 15) is 9.18 Å². The van der Waals surface area contributed by atoms with E-state index in [-0.39, 0.29) is 11.8 Å². The van der Waals surface area contributed by atoms with Crippen molar-refractivity contribution in [2.75, 3.05) is 25.0 Å². The fourth-order valence-corrected chi connectivity index (χ4v) is 5.44. The Morgan fingerprint density at radius 1 is 1.20 bits per heavy atom. The summed E-state index contributed by atoms with van der Waals surface area (Å²) in [5.41, 5.74) is 2.60. The zero-order valence-electron chi connectivity index (χ0n) is 19.8. The summed E-state index contributed by atoms with van der Waals surface area (Å²) in [6.07, 6.45) is 1.60. The predicted molar refractivity (Wildman–Crippen MR) is 146 cm³/mol. The lowest BCUT2D eigenvalue weighted by atomic mass is 9.87. The van der Waals surface area contributed by atoms with Crippen LogP contribution in [0.4, 0.5) is 10.1 Å². The molecule has 2 unspecified atom stereocenters. The van der Waals surface area contributed by atoms with E-state index >= 15 is 0 Å². The van der Waals surface area contributed by atoms with E-state index in [0.717, 1.165) is 19.3 Å². The second-order valence-corrected chi connectivity index (χ2v) is 10.2. The van der Waals surface area contributed by atoms with Gasteiger partial charge in [0.15, 0.2) is 5.11 Å². The number of anilines is 1. The molecule has 1 fully saturated rings. The number of hydrogen-bond acceptors (Lipinski definition) is 3. The summed E-state index contributed by atoms with van der Waals surface area (Å²) in [4.78, 5) is 21.8. The van der Waals surface area contributed by atoms with Crippen LogP contribution in [-0.4, -0.2) is 54.1 Å². The van der Waals surface area contributed by atoms with E-state index in [0.29, 0.717) is 57.2 Å². The number of thiocarbonyl (C=S) groups is 1. The van der Waals surface area contributed by atoms with Crippen molar-refractivity contribution < 1.29 is 9.18 Å². The van der Waals surface area contributed by atoms with E-state index in [1.165, 1.54) is 0 Å². The lowest BCUT2D eigenvalue weighted by Gasteiger charge is -2.33. The monoisotopic (exact) mass is 534 g/mol. The van der Waals surface area contributed by atoms with Gasteiger partial charge >= 0.3 is 0 Å². The van der Waals surface area contributed by atoms with Crippen LogP contribution in [-0.2, 0) is 4.79 Å². The van der Waals surface area contributed by atoms with Crippen LogP contribution >= 0.6 is 35.4 Å². The van der Waals surface area contributed by atoms with Crippen LogP contribution in [0.25, 0.3) is 0 Å². The van der Waals surface area contributed by atoms with Gasteiger partial charge in [-0.05, 0) is 56.2 Å². The average molecular weight is 536 g/mol. The van der Waals surface area contributed by atoms with Crippen LogP contribution < -0.4 is 10.2 Å². The van der Waals surface area contributed by atoms with E-state index in [1.807, 2.05) is 30.0 Å². The van der Waals surface area contributed by atoms with Crippen molar-refractivity contribution in [1.82, 2.24) is 10.2 Å². The Morgan fingerprint density at radius 3 is 2.66 bits per heavy atom. The molecule has 2 aromatic rings. The van der Waals surface area contributed by atoms with Gasteiger partial charge < -0.3 is 15.1 Å². The number of alkyl halides is 1. The average Bonchev–Trinajstić information content (AvgIpc) is 2.94. The zero-order valence-corrected chi connectivity index (χ0v) is 22.1. The van der Waals surface area contributed by atoms with E-state index in [1.54, 1.807) is 36.2 Å². The summed E-state index contributed by atoms with van der Waals surface area (Å²) in [5.74, 6) is -0.334. The number of nitrogens with one attached hydrogen (secondary N) is 1. The van der Waals surface area contributed by atoms with Gasteiger partial charge in [-0.15, -0.1) is 0 Å². The van der Waals surface area contributed by atoms with Crippen LogP contribution in [0.3, 0.4) is 0 Å². The van der Waals surface area contributed by atoms with Gasteiger partial charge in [-0.3, -0.25) is 4.79 Å². The highest BCUT2D eigenvalue weighted by Crippen LogP contribution is 2.32. The minimum Gasteiger partial charge on any atom is -0.349 e. The molecule has 1 N–H and O–H groups in total. The molecule has 0 aromatic heterocycles. The number of hydrogen-bond donors (Lipinski definition) is 1. The van der Waals surface area contributed by atoms with Gasteiger partial charge in [-0.2, -0.15) is 0 Å². The van der Waals surface area contributed by atoms with Crippen LogP contribution in [0.5, 0.6) is 0 Å². The first-order chi connectivity index (χ1) is 16.8. The Hall–Kier alpha value is -2.22. The summed E-state index contributed by atoms with van der Waals surface area (Å²) >= 11 is 18.6. The first-order valence-corrected chi connectivity index (χ1v) is 13.1. The van der Waals surface area contributed by atoms with E-state index < -0.39 is 12.3 Å². The Kier molecular flexibility index (Phi) is 8.30. The molecular weight excluding hydrogens is 506 g/mol. The number of carbonyl (C=O) groups excluding carboxylic acids is 1. The van der Waals surface area contributed by atoms with Crippen molar-refractivity contribution >= 4 is 57.8 Å². The molecule has 186 valence electrons. The third-order valence-corrected chi connectivity index (χ3v) is 7.67. The maximum atomic E-state index is 14.5. The van der Waals surface area contributed by atoms with Gasteiger partial charge in [-0.25, -0.2) is 9.38 Å². The van der Waals surface area contributed by atoms with Crippen molar-refractivity contribution in [3.8, 4) is 0 Å². The minimum absolute atomic E-state index is 0.0652. The van der Waals surface area contributed by atoms with Crippen molar-refractivity contribution in [1.29, 1.82) is 0 Å². The highest BCUT2D eigenvalue weighted by molar-refractivity contribution is 7.80. The smallest absolute Gasteiger partial charge is 0.272 e. The quantitative estimate of drug-likeness (QED) is 0.488. The molecule has 0 saturated heterocycles. The molecule has 0 radical (unpaired) electrons. The SMILES string of the molecule is CCN(C[C@@H]1CCCCC1F)C(=S)NC1N=C(c2ccccc2Cl)c2cc(Cl)ccc2N(C)C1=O. The lowest BCUT2D eigenvalue weighted by Crippen LogP contribution is -2.52. The molecule has 0 bridgehead atoms. The first-order valence-electron chi connectivity index (χ1n) is 11.9. The summed E-state index contributed by atoms with van der Waals surface area (Å²) in [7, 11) is 1.70.